The number of carbonyl (C=O) groups is 1. The van der Waals surface area contributed by atoms with E-state index < -0.39 is 12.0 Å². The van der Waals surface area contributed by atoms with Crippen LogP contribution in [-0.4, -0.2) is 36.1 Å². The second kappa shape index (κ2) is 5.14. The number of benzene rings is 1. The molecule has 0 saturated carbocycles. The summed E-state index contributed by atoms with van der Waals surface area (Å²) in [5.41, 5.74) is 0.973. The molecule has 0 spiro atoms. The maximum absolute atomic E-state index is 10.9. The van der Waals surface area contributed by atoms with Crippen molar-refractivity contribution in [1.29, 1.82) is 0 Å². The molecule has 0 saturated heterocycles. The molecular formula is C11H14ClNO2. The number of aliphatic carboxylic acids is 1. The molecule has 1 aromatic rings. The maximum atomic E-state index is 10.9. The van der Waals surface area contributed by atoms with Gasteiger partial charge in [0.15, 0.2) is 0 Å². The van der Waals surface area contributed by atoms with E-state index in [0.29, 0.717) is 11.4 Å². The minimum Gasteiger partial charge on any atom is -0.480 e. The molecule has 0 aliphatic heterocycles. The van der Waals surface area contributed by atoms with Crippen LogP contribution < -0.4 is 0 Å². The van der Waals surface area contributed by atoms with Gasteiger partial charge in [-0.2, -0.15) is 0 Å². The average Bonchev–Trinajstić information content (AvgIpc) is 2.15. The Morgan fingerprint density at radius 3 is 2.33 bits per heavy atom. The first-order valence-electron chi connectivity index (χ1n) is 4.64. The van der Waals surface area contributed by atoms with Crippen molar-refractivity contribution in [3.05, 3.63) is 34.9 Å². The summed E-state index contributed by atoms with van der Waals surface area (Å²) in [6.07, 6.45) is 0.486. The highest BCUT2D eigenvalue weighted by Crippen LogP contribution is 2.12. The normalized spacial score (nSPS) is 12.8. The van der Waals surface area contributed by atoms with Gasteiger partial charge in [-0.15, -0.1) is 0 Å². The average molecular weight is 228 g/mol. The van der Waals surface area contributed by atoms with Crippen molar-refractivity contribution in [2.75, 3.05) is 14.1 Å². The van der Waals surface area contributed by atoms with Crippen molar-refractivity contribution in [2.24, 2.45) is 0 Å². The second-order valence-corrected chi connectivity index (χ2v) is 4.08. The van der Waals surface area contributed by atoms with Gasteiger partial charge in [-0.1, -0.05) is 23.7 Å². The Bertz CT molecular complexity index is 335. The number of likely N-dealkylation sites (N-methyl/N-ethyl adjacent to an activating group) is 1. The number of rotatable bonds is 4. The molecule has 0 aromatic heterocycles. The number of carboxylic acid groups (broad SMARTS) is 1. The van der Waals surface area contributed by atoms with E-state index in [-0.39, 0.29) is 0 Å². The van der Waals surface area contributed by atoms with Crippen molar-refractivity contribution in [3.63, 3.8) is 0 Å². The van der Waals surface area contributed by atoms with E-state index >= 15 is 0 Å². The zero-order valence-electron chi connectivity index (χ0n) is 8.77. The van der Waals surface area contributed by atoms with Gasteiger partial charge in [-0.05, 0) is 38.2 Å². The van der Waals surface area contributed by atoms with Gasteiger partial charge in [-0.25, -0.2) is 0 Å². The molecule has 0 heterocycles. The van der Waals surface area contributed by atoms with Gasteiger partial charge in [0, 0.05) is 5.02 Å². The molecule has 4 heteroatoms. The summed E-state index contributed by atoms with van der Waals surface area (Å²) in [5.74, 6) is -0.810. The predicted molar refractivity (Wildman–Crippen MR) is 60.3 cm³/mol. The van der Waals surface area contributed by atoms with Crippen LogP contribution in [0.3, 0.4) is 0 Å². The Labute approximate surface area is 94.3 Å². The summed E-state index contributed by atoms with van der Waals surface area (Å²) in [7, 11) is 3.52. The van der Waals surface area contributed by atoms with Gasteiger partial charge in [0.1, 0.15) is 6.04 Å². The number of hydrogen-bond donors (Lipinski definition) is 1. The molecule has 0 aliphatic carbocycles. The van der Waals surface area contributed by atoms with Crippen LogP contribution in [-0.2, 0) is 11.2 Å². The van der Waals surface area contributed by atoms with Crippen LogP contribution in [0.4, 0.5) is 0 Å². The van der Waals surface area contributed by atoms with Crippen LogP contribution in [0.5, 0.6) is 0 Å². The van der Waals surface area contributed by atoms with Crippen molar-refractivity contribution >= 4 is 17.6 Å². The molecule has 1 rings (SSSR count). The summed E-state index contributed by atoms with van der Waals surface area (Å²) in [6.45, 7) is 0. The van der Waals surface area contributed by atoms with Gasteiger partial charge in [0.25, 0.3) is 0 Å². The fourth-order valence-corrected chi connectivity index (χ4v) is 1.46. The molecule has 1 atom stereocenters. The van der Waals surface area contributed by atoms with Crippen LogP contribution in [0.2, 0.25) is 5.02 Å². The summed E-state index contributed by atoms with van der Waals surface area (Å²) >= 11 is 5.75. The van der Waals surface area contributed by atoms with Gasteiger partial charge in [0.05, 0.1) is 0 Å². The maximum Gasteiger partial charge on any atom is 0.321 e. The van der Waals surface area contributed by atoms with E-state index in [0.717, 1.165) is 5.56 Å². The minimum absolute atomic E-state index is 0.486. The summed E-state index contributed by atoms with van der Waals surface area (Å²) in [4.78, 5) is 12.6. The molecule has 0 bridgehead atoms. The summed E-state index contributed by atoms with van der Waals surface area (Å²) < 4.78 is 0. The Balaban J connectivity index is 2.74. The smallest absolute Gasteiger partial charge is 0.321 e. The third-order valence-corrected chi connectivity index (χ3v) is 2.50. The monoisotopic (exact) mass is 227 g/mol. The Morgan fingerprint density at radius 2 is 1.93 bits per heavy atom. The SMILES string of the molecule is CN(C)C(Cc1ccc(Cl)cc1)C(=O)O. The lowest BCUT2D eigenvalue weighted by molar-refractivity contribution is -0.142. The predicted octanol–water partition coefficient (Wildman–Crippen LogP) is 1.90. The Kier molecular flexibility index (Phi) is 4.12. The lowest BCUT2D eigenvalue weighted by Crippen LogP contribution is -2.37. The van der Waals surface area contributed by atoms with Crippen molar-refractivity contribution < 1.29 is 9.90 Å². The highest BCUT2D eigenvalue weighted by atomic mass is 35.5. The third kappa shape index (κ3) is 3.53. The number of halogens is 1. The zero-order valence-corrected chi connectivity index (χ0v) is 9.53. The number of hydrogen-bond acceptors (Lipinski definition) is 2. The van der Waals surface area contributed by atoms with Crippen LogP contribution in [0.25, 0.3) is 0 Å². The highest BCUT2D eigenvalue weighted by Gasteiger charge is 2.19. The van der Waals surface area contributed by atoms with Crippen molar-refractivity contribution in [1.82, 2.24) is 4.90 Å². The van der Waals surface area contributed by atoms with E-state index in [4.69, 9.17) is 16.7 Å². The first-order chi connectivity index (χ1) is 7.00. The van der Waals surface area contributed by atoms with E-state index in [1.165, 1.54) is 0 Å². The molecule has 1 aromatic carbocycles. The molecule has 0 fully saturated rings. The van der Waals surface area contributed by atoms with E-state index in [1.54, 1.807) is 31.1 Å². The fourth-order valence-electron chi connectivity index (χ4n) is 1.33. The third-order valence-electron chi connectivity index (χ3n) is 2.25. The van der Waals surface area contributed by atoms with Crippen LogP contribution >= 0.6 is 11.6 Å². The zero-order chi connectivity index (χ0) is 11.4. The van der Waals surface area contributed by atoms with Gasteiger partial charge in [0.2, 0.25) is 0 Å². The summed E-state index contributed by atoms with van der Waals surface area (Å²) in [5, 5.41) is 9.65. The molecular weight excluding hydrogens is 214 g/mol. The standard InChI is InChI=1S/C11H14ClNO2/c1-13(2)10(11(14)15)7-8-3-5-9(12)6-4-8/h3-6,10H,7H2,1-2H3,(H,14,15). The minimum atomic E-state index is -0.810. The second-order valence-electron chi connectivity index (χ2n) is 3.65. The molecule has 82 valence electrons. The fraction of sp³-hybridized carbons (Fsp3) is 0.364. The van der Waals surface area contributed by atoms with E-state index in [9.17, 15) is 4.79 Å². The van der Waals surface area contributed by atoms with E-state index in [2.05, 4.69) is 0 Å². The van der Waals surface area contributed by atoms with Crippen LogP contribution in [0.1, 0.15) is 5.56 Å². The lowest BCUT2D eigenvalue weighted by Gasteiger charge is -2.19. The largest absolute Gasteiger partial charge is 0.480 e. The van der Waals surface area contributed by atoms with Gasteiger partial charge < -0.3 is 5.11 Å². The highest BCUT2D eigenvalue weighted by molar-refractivity contribution is 6.30. The molecule has 0 radical (unpaired) electrons. The topological polar surface area (TPSA) is 40.5 Å². The van der Waals surface area contributed by atoms with E-state index in [1.807, 2.05) is 12.1 Å². The molecule has 1 N–H and O–H groups in total. The molecule has 0 amide bonds. The van der Waals surface area contributed by atoms with Crippen molar-refractivity contribution in [2.45, 2.75) is 12.5 Å². The molecule has 1 unspecified atom stereocenters. The van der Waals surface area contributed by atoms with Gasteiger partial charge >= 0.3 is 5.97 Å². The molecule has 3 nitrogen and oxygen atoms in total. The number of carboxylic acids is 1. The van der Waals surface area contributed by atoms with Gasteiger partial charge in [-0.3, -0.25) is 9.69 Å². The lowest BCUT2D eigenvalue weighted by atomic mass is 10.1. The Morgan fingerprint density at radius 1 is 1.40 bits per heavy atom. The first kappa shape index (κ1) is 12.0. The molecule has 15 heavy (non-hydrogen) atoms. The van der Waals surface area contributed by atoms with Crippen molar-refractivity contribution in [3.8, 4) is 0 Å². The number of nitrogens with zero attached hydrogens (tertiary/aromatic N) is 1. The van der Waals surface area contributed by atoms with Crippen LogP contribution in [0, 0.1) is 0 Å². The first-order valence-corrected chi connectivity index (χ1v) is 5.02. The quantitative estimate of drug-likeness (QED) is 0.854. The molecule has 0 aliphatic rings. The summed E-state index contributed by atoms with van der Waals surface area (Å²) in [6, 6.07) is 6.74. The Hall–Kier alpha value is -1.06. The van der Waals surface area contributed by atoms with Crippen LogP contribution in [0.15, 0.2) is 24.3 Å².